The average Bonchev–Trinajstić information content (AvgIpc) is 3.89. The van der Waals surface area contributed by atoms with Gasteiger partial charge in [0.1, 0.15) is 0 Å². The molecule has 8 aromatic rings. The first-order valence-electron chi connectivity index (χ1n) is 17.2. The fourth-order valence-electron chi connectivity index (χ4n) is 7.27. The Morgan fingerprint density at radius 2 is 0.429 bits per heavy atom. The van der Waals surface area contributed by atoms with Crippen LogP contribution in [0.2, 0.25) is 0 Å². The van der Waals surface area contributed by atoms with E-state index in [1.165, 1.54) is 0 Å². The molecule has 0 aliphatic carbocycles. The predicted molar refractivity (Wildman–Crippen MR) is 255 cm³/mol. The lowest BCUT2D eigenvalue weighted by atomic mass is 10.0. The summed E-state index contributed by atoms with van der Waals surface area (Å²) in [4.78, 5) is 15.6. The molecule has 56 heavy (non-hydrogen) atoms. The van der Waals surface area contributed by atoms with E-state index < -0.39 is 0 Å². The van der Waals surface area contributed by atoms with E-state index >= 15 is 0 Å². The van der Waals surface area contributed by atoms with Crippen LogP contribution in [-0.2, 0) is 0 Å². The van der Waals surface area contributed by atoms with Crippen molar-refractivity contribution in [3.8, 4) is 0 Å². The van der Waals surface area contributed by atoms with E-state index in [4.69, 9.17) is 0 Å². The van der Waals surface area contributed by atoms with Crippen molar-refractivity contribution in [1.29, 1.82) is 0 Å². The number of fused-ring (bicyclic) bond motifs is 8. The van der Waals surface area contributed by atoms with Crippen LogP contribution in [0.5, 0.6) is 0 Å². The van der Waals surface area contributed by atoms with E-state index in [1.807, 2.05) is 24.3 Å². The molecule has 4 aromatic carbocycles. The Bertz CT molecular complexity index is 2680. The fraction of sp³-hybridized carbons (Fsp3) is 0. The first kappa shape index (κ1) is 38.8. The van der Waals surface area contributed by atoms with Gasteiger partial charge >= 0.3 is 0 Å². The summed E-state index contributed by atoms with van der Waals surface area (Å²) >= 11 is 32.4. The van der Waals surface area contributed by atoms with Gasteiger partial charge in [-0.05, 0) is 150 Å². The van der Waals surface area contributed by atoms with Gasteiger partial charge in [0.15, 0.2) is 0 Å². The molecule has 0 atom stereocenters. The van der Waals surface area contributed by atoms with E-state index in [-0.39, 0.29) is 0 Å². The van der Waals surface area contributed by atoms with Gasteiger partial charge < -0.3 is 19.9 Å². The molecule has 4 nitrogen and oxygen atoms in total. The number of H-pyrrole nitrogens is 4. The summed E-state index contributed by atoms with van der Waals surface area (Å²) in [6.45, 7) is 0. The first-order valence-corrected chi connectivity index (χ1v) is 23.5. The van der Waals surface area contributed by atoms with Crippen LogP contribution in [0, 0.1) is 0 Å². The highest BCUT2D eigenvalue weighted by atomic mass is 79.9. The number of aromatic nitrogens is 4. The third-order valence-corrected chi connectivity index (χ3v) is 18.2. The van der Waals surface area contributed by atoms with Crippen LogP contribution in [-0.4, -0.2) is 19.9 Å². The lowest BCUT2D eigenvalue weighted by Crippen LogP contribution is -2.20. The Balaban J connectivity index is 1.59. The molecule has 1 aliphatic rings. The minimum absolute atomic E-state index is 0.884. The number of benzene rings is 4. The molecule has 0 saturated carbocycles. The van der Waals surface area contributed by atoms with Gasteiger partial charge in [-0.15, -0.1) is 0 Å². The van der Waals surface area contributed by atoms with Crippen molar-refractivity contribution < 1.29 is 0 Å². The molecule has 0 unspecified atom stereocenters. The summed E-state index contributed by atoms with van der Waals surface area (Å²) in [5.74, 6) is 0. The Labute approximate surface area is 388 Å². The van der Waals surface area contributed by atoms with Crippen molar-refractivity contribution in [2.75, 3.05) is 0 Å². The van der Waals surface area contributed by atoms with Crippen molar-refractivity contribution in [2.24, 2.45) is 0 Å². The van der Waals surface area contributed by atoms with Crippen molar-refractivity contribution in [2.45, 2.75) is 0 Å². The minimum Gasteiger partial charge on any atom is -0.352 e. The van der Waals surface area contributed by atoms with Crippen LogP contribution >= 0.6 is 127 Å². The zero-order valence-corrected chi connectivity index (χ0v) is 41.3. The Hall–Kier alpha value is -2.68. The largest absolute Gasteiger partial charge is 0.352 e. The lowest BCUT2D eigenvalue weighted by Gasteiger charge is -2.10. The molecular formula is C44H24Br8N4. The van der Waals surface area contributed by atoms with Crippen LogP contribution in [0.1, 0.15) is 45.0 Å². The maximum absolute atomic E-state index is 4.05. The quantitative estimate of drug-likeness (QED) is 0.136. The molecule has 0 saturated heterocycles. The summed E-state index contributed by atoms with van der Waals surface area (Å²) < 4.78 is 7.07. The standard InChI is InChI=1S/C44H24Br8N4/c45-29-31(47)39-26(22-15-7-2-8-16-22)41-33(49)35(51)43(55-41)28(24-19-11-4-12-20-24)44-36(52)34(50)42(56-44)27(23-17-9-3-10-18-23)40-32(48)30(46)38(54-40)25(37(29)53-39)21-13-5-1-6-14-21/h1-20,53-56H. The summed E-state index contributed by atoms with van der Waals surface area (Å²) in [5, 5.41) is 3.58. The highest BCUT2D eigenvalue weighted by molar-refractivity contribution is 9.14. The molecule has 276 valence electrons. The van der Waals surface area contributed by atoms with Crippen LogP contribution in [0.25, 0.3) is 22.3 Å². The second-order valence-electron chi connectivity index (χ2n) is 13.0. The Morgan fingerprint density at radius 1 is 0.232 bits per heavy atom. The predicted octanol–water partition coefficient (Wildman–Crippen LogP) is 12.4. The van der Waals surface area contributed by atoms with Gasteiger partial charge in [-0.3, -0.25) is 0 Å². The van der Waals surface area contributed by atoms with Crippen LogP contribution in [0.15, 0.2) is 157 Å². The molecule has 1 aliphatic heterocycles. The zero-order valence-electron chi connectivity index (χ0n) is 28.6. The van der Waals surface area contributed by atoms with Gasteiger partial charge in [-0.2, -0.15) is 0 Å². The van der Waals surface area contributed by atoms with Gasteiger partial charge in [0.2, 0.25) is 0 Å². The van der Waals surface area contributed by atoms with Gasteiger partial charge in [0.25, 0.3) is 0 Å². The highest BCUT2D eigenvalue weighted by Crippen LogP contribution is 2.42. The number of nitrogens with one attached hydrogen (secondary N) is 4. The van der Waals surface area contributed by atoms with Crippen molar-refractivity contribution in [3.63, 3.8) is 0 Å². The molecule has 5 heterocycles. The molecule has 0 amide bonds. The van der Waals surface area contributed by atoms with Crippen LogP contribution in [0.3, 0.4) is 0 Å². The number of aromatic amines is 4. The van der Waals surface area contributed by atoms with Gasteiger partial charge in [-0.25, -0.2) is 0 Å². The molecular weight excluding hydrogens is 1220 g/mol. The van der Waals surface area contributed by atoms with Gasteiger partial charge in [-0.1, -0.05) is 121 Å². The minimum atomic E-state index is 0.884. The summed E-state index contributed by atoms with van der Waals surface area (Å²) in [7, 11) is 0. The highest BCUT2D eigenvalue weighted by Gasteiger charge is 2.28. The molecule has 8 bridgehead atoms. The van der Waals surface area contributed by atoms with Crippen molar-refractivity contribution in [3.05, 3.63) is 224 Å². The van der Waals surface area contributed by atoms with Crippen LogP contribution < -0.4 is 21.4 Å². The lowest BCUT2D eigenvalue weighted by molar-refractivity contribution is 1.18. The number of hydrogen-bond donors (Lipinski definition) is 4. The van der Waals surface area contributed by atoms with E-state index in [0.717, 1.165) is 125 Å². The fourth-order valence-corrected chi connectivity index (χ4v) is 11.2. The maximum atomic E-state index is 4.05. The molecule has 0 fully saturated rings. The zero-order chi connectivity index (χ0) is 38.8. The van der Waals surface area contributed by atoms with Gasteiger partial charge in [0, 0.05) is 22.3 Å². The van der Waals surface area contributed by atoms with Crippen molar-refractivity contribution in [1.82, 2.24) is 19.9 Å². The summed E-state index contributed by atoms with van der Waals surface area (Å²) in [5.41, 5.74) is 11.5. The molecule has 0 spiro atoms. The second-order valence-corrected chi connectivity index (χ2v) is 19.3. The summed E-state index contributed by atoms with van der Waals surface area (Å²) in [6, 6.07) is 41.7. The normalized spacial score (nSPS) is 12.9. The number of rotatable bonds is 4. The summed E-state index contributed by atoms with van der Waals surface area (Å²) in [6.07, 6.45) is 0. The van der Waals surface area contributed by atoms with Gasteiger partial charge in [0.05, 0.1) is 80.0 Å². The third-order valence-electron chi connectivity index (χ3n) is 9.78. The molecule has 0 radical (unpaired) electrons. The molecule has 4 aromatic heterocycles. The molecule has 12 heteroatoms. The number of halogens is 8. The van der Waals surface area contributed by atoms with E-state index in [0.29, 0.717) is 0 Å². The van der Waals surface area contributed by atoms with E-state index in [2.05, 4.69) is 244 Å². The SMILES string of the molecule is Brc1c2[nH]c(c1Br)C(c1ccccc1)=c1[nH]c(c(Br)c1Br)=C(c1ccccc1)c1[nH]c(c(Br)c1Br)C(c1ccccc1)=c1[nH]c(c(Br)c1Br)=C2c1ccccc1. The average molecular weight is 1250 g/mol. The second kappa shape index (κ2) is 15.8. The first-order chi connectivity index (χ1) is 27.2. The third kappa shape index (κ3) is 6.51. The molecule has 9 rings (SSSR count). The maximum Gasteiger partial charge on any atom is 0.0642 e. The van der Waals surface area contributed by atoms with E-state index in [1.54, 1.807) is 0 Å². The Morgan fingerprint density at radius 3 is 0.625 bits per heavy atom. The van der Waals surface area contributed by atoms with Crippen molar-refractivity contribution >= 4 is 150 Å². The monoisotopic (exact) mass is 1240 g/mol. The smallest absolute Gasteiger partial charge is 0.0642 e. The Kier molecular flexibility index (Phi) is 11.0. The molecule has 4 N–H and O–H groups in total. The van der Waals surface area contributed by atoms with E-state index in [9.17, 15) is 0 Å². The van der Waals surface area contributed by atoms with Crippen LogP contribution in [0.4, 0.5) is 0 Å². The topological polar surface area (TPSA) is 63.2 Å². The number of hydrogen-bond acceptors (Lipinski definition) is 0.